The van der Waals surface area contributed by atoms with Crippen LogP contribution in [0.15, 0.2) is 30.6 Å². The van der Waals surface area contributed by atoms with E-state index in [9.17, 15) is 4.79 Å². The Morgan fingerprint density at radius 3 is 2.59 bits per heavy atom. The molecule has 0 unspecified atom stereocenters. The second-order valence-electron chi connectivity index (χ2n) is 5.79. The van der Waals surface area contributed by atoms with Crippen LogP contribution >= 0.6 is 0 Å². The molecule has 1 aliphatic heterocycles. The highest BCUT2D eigenvalue weighted by Gasteiger charge is 2.23. The SMILES string of the molecule is CC(C)NC(=O)N1CCN(c2ncnc3ccccc23)CC1. The number of rotatable bonds is 2. The van der Waals surface area contributed by atoms with Crippen molar-refractivity contribution in [2.24, 2.45) is 0 Å². The number of fused-ring (bicyclic) bond motifs is 1. The molecule has 1 aliphatic rings. The Morgan fingerprint density at radius 2 is 1.86 bits per heavy atom. The van der Waals surface area contributed by atoms with Crippen molar-refractivity contribution in [3.05, 3.63) is 30.6 Å². The van der Waals surface area contributed by atoms with Crippen LogP contribution in [0.3, 0.4) is 0 Å². The number of amides is 2. The van der Waals surface area contributed by atoms with E-state index in [1.54, 1.807) is 6.33 Å². The molecule has 22 heavy (non-hydrogen) atoms. The molecular weight excluding hydrogens is 278 g/mol. The summed E-state index contributed by atoms with van der Waals surface area (Å²) in [6.45, 7) is 6.93. The molecule has 1 N–H and O–H groups in total. The molecule has 6 nitrogen and oxygen atoms in total. The summed E-state index contributed by atoms with van der Waals surface area (Å²) in [5.41, 5.74) is 0.951. The molecule has 0 radical (unpaired) electrons. The van der Waals surface area contributed by atoms with E-state index in [-0.39, 0.29) is 12.1 Å². The summed E-state index contributed by atoms with van der Waals surface area (Å²) in [5.74, 6) is 0.953. The number of piperazine rings is 1. The standard InChI is InChI=1S/C16H21N5O/c1-12(2)19-16(22)21-9-7-20(8-10-21)15-13-5-3-4-6-14(13)17-11-18-15/h3-6,11-12H,7-10H2,1-2H3,(H,19,22). The van der Waals surface area contributed by atoms with Gasteiger partial charge in [0.25, 0.3) is 0 Å². The number of para-hydroxylation sites is 1. The number of nitrogens with one attached hydrogen (secondary N) is 1. The first-order chi connectivity index (χ1) is 10.6. The molecule has 0 atom stereocenters. The third-order valence-electron chi connectivity index (χ3n) is 3.80. The van der Waals surface area contributed by atoms with Gasteiger partial charge in [0.15, 0.2) is 0 Å². The number of anilines is 1. The van der Waals surface area contributed by atoms with Crippen LogP contribution in [0.5, 0.6) is 0 Å². The minimum atomic E-state index is 0.0159. The first kappa shape index (κ1) is 14.6. The highest BCUT2D eigenvalue weighted by atomic mass is 16.2. The molecule has 0 spiro atoms. The normalized spacial score (nSPS) is 15.4. The summed E-state index contributed by atoms with van der Waals surface area (Å²) in [6.07, 6.45) is 1.61. The molecule has 0 bridgehead atoms. The van der Waals surface area contributed by atoms with Gasteiger partial charge in [0.05, 0.1) is 5.52 Å². The highest BCUT2D eigenvalue weighted by molar-refractivity contribution is 5.89. The Kier molecular flexibility index (Phi) is 4.09. The Morgan fingerprint density at radius 1 is 1.14 bits per heavy atom. The molecule has 0 saturated carbocycles. The van der Waals surface area contributed by atoms with Crippen molar-refractivity contribution in [1.29, 1.82) is 0 Å². The fourth-order valence-corrected chi connectivity index (χ4v) is 2.70. The van der Waals surface area contributed by atoms with E-state index < -0.39 is 0 Å². The van der Waals surface area contributed by atoms with Gasteiger partial charge in [-0.2, -0.15) is 0 Å². The first-order valence-electron chi connectivity index (χ1n) is 7.65. The molecular formula is C16H21N5O. The summed E-state index contributed by atoms with van der Waals surface area (Å²) in [6, 6.07) is 8.20. The van der Waals surface area contributed by atoms with Gasteiger partial charge in [-0.05, 0) is 26.0 Å². The van der Waals surface area contributed by atoms with Crippen LogP contribution in [0.25, 0.3) is 10.9 Å². The zero-order valence-electron chi connectivity index (χ0n) is 13.0. The average Bonchev–Trinajstić information content (AvgIpc) is 2.54. The number of hydrogen-bond donors (Lipinski definition) is 1. The highest BCUT2D eigenvalue weighted by Crippen LogP contribution is 2.23. The van der Waals surface area contributed by atoms with Gasteiger partial charge in [-0.25, -0.2) is 14.8 Å². The number of hydrogen-bond acceptors (Lipinski definition) is 4. The molecule has 0 aliphatic carbocycles. The smallest absolute Gasteiger partial charge is 0.317 e. The van der Waals surface area contributed by atoms with Gasteiger partial charge in [0, 0.05) is 37.6 Å². The minimum absolute atomic E-state index is 0.0159. The quantitative estimate of drug-likeness (QED) is 0.919. The predicted molar refractivity (Wildman–Crippen MR) is 87.0 cm³/mol. The van der Waals surface area contributed by atoms with Crippen LogP contribution in [0.1, 0.15) is 13.8 Å². The van der Waals surface area contributed by atoms with Crippen molar-refractivity contribution in [2.45, 2.75) is 19.9 Å². The van der Waals surface area contributed by atoms with Crippen molar-refractivity contribution in [1.82, 2.24) is 20.2 Å². The number of nitrogens with zero attached hydrogens (tertiary/aromatic N) is 4. The Hall–Kier alpha value is -2.37. The van der Waals surface area contributed by atoms with E-state index in [1.807, 2.05) is 43.0 Å². The predicted octanol–water partition coefficient (Wildman–Crippen LogP) is 1.87. The molecule has 2 amide bonds. The zero-order chi connectivity index (χ0) is 15.5. The van der Waals surface area contributed by atoms with Crippen molar-refractivity contribution >= 4 is 22.8 Å². The number of aromatic nitrogens is 2. The summed E-state index contributed by atoms with van der Waals surface area (Å²) in [5, 5.41) is 4.00. The molecule has 2 aromatic rings. The van der Waals surface area contributed by atoms with Gasteiger partial charge in [-0.15, -0.1) is 0 Å². The Bertz CT molecular complexity index is 659. The van der Waals surface area contributed by atoms with E-state index in [4.69, 9.17) is 0 Å². The summed E-state index contributed by atoms with van der Waals surface area (Å²) >= 11 is 0. The second kappa shape index (κ2) is 6.17. The third-order valence-corrected chi connectivity index (χ3v) is 3.80. The van der Waals surface area contributed by atoms with Gasteiger partial charge in [0.2, 0.25) is 0 Å². The molecule has 116 valence electrons. The molecule has 1 fully saturated rings. The maximum atomic E-state index is 12.0. The van der Waals surface area contributed by atoms with E-state index in [0.29, 0.717) is 13.1 Å². The van der Waals surface area contributed by atoms with Crippen LogP contribution in [0.4, 0.5) is 10.6 Å². The lowest BCUT2D eigenvalue weighted by atomic mass is 10.2. The van der Waals surface area contributed by atoms with E-state index in [1.165, 1.54) is 0 Å². The monoisotopic (exact) mass is 299 g/mol. The molecule has 3 rings (SSSR count). The molecule has 1 aromatic heterocycles. The lowest BCUT2D eigenvalue weighted by Crippen LogP contribution is -2.53. The van der Waals surface area contributed by atoms with Crippen LogP contribution < -0.4 is 10.2 Å². The van der Waals surface area contributed by atoms with Crippen LogP contribution in [0, 0.1) is 0 Å². The Balaban J connectivity index is 1.72. The van der Waals surface area contributed by atoms with Crippen molar-refractivity contribution in [2.75, 3.05) is 31.1 Å². The first-order valence-corrected chi connectivity index (χ1v) is 7.65. The van der Waals surface area contributed by atoms with Crippen molar-refractivity contribution in [3.8, 4) is 0 Å². The summed E-state index contributed by atoms with van der Waals surface area (Å²) in [4.78, 5) is 24.9. The minimum Gasteiger partial charge on any atom is -0.352 e. The van der Waals surface area contributed by atoms with Gasteiger partial charge in [0.1, 0.15) is 12.1 Å². The maximum absolute atomic E-state index is 12.0. The largest absolute Gasteiger partial charge is 0.352 e. The molecule has 2 heterocycles. The zero-order valence-corrected chi connectivity index (χ0v) is 13.0. The van der Waals surface area contributed by atoms with Crippen molar-refractivity contribution < 1.29 is 4.79 Å². The lowest BCUT2D eigenvalue weighted by Gasteiger charge is -2.36. The molecule has 6 heteroatoms. The van der Waals surface area contributed by atoms with Crippen LogP contribution in [-0.4, -0.2) is 53.1 Å². The molecule has 1 saturated heterocycles. The van der Waals surface area contributed by atoms with E-state index >= 15 is 0 Å². The topological polar surface area (TPSA) is 61.4 Å². The third kappa shape index (κ3) is 2.95. The number of carbonyl (C=O) groups is 1. The Labute approximate surface area is 130 Å². The average molecular weight is 299 g/mol. The number of urea groups is 1. The summed E-state index contributed by atoms with van der Waals surface area (Å²) < 4.78 is 0. The van der Waals surface area contributed by atoms with E-state index in [0.717, 1.165) is 29.8 Å². The van der Waals surface area contributed by atoms with Gasteiger partial charge < -0.3 is 15.1 Å². The van der Waals surface area contributed by atoms with Gasteiger partial charge in [-0.1, -0.05) is 12.1 Å². The number of carbonyl (C=O) groups excluding carboxylic acids is 1. The summed E-state index contributed by atoms with van der Waals surface area (Å²) in [7, 11) is 0. The lowest BCUT2D eigenvalue weighted by molar-refractivity contribution is 0.192. The second-order valence-corrected chi connectivity index (χ2v) is 5.79. The fraction of sp³-hybridized carbons (Fsp3) is 0.438. The number of benzene rings is 1. The van der Waals surface area contributed by atoms with Crippen LogP contribution in [0.2, 0.25) is 0 Å². The van der Waals surface area contributed by atoms with Crippen LogP contribution in [-0.2, 0) is 0 Å². The maximum Gasteiger partial charge on any atom is 0.317 e. The van der Waals surface area contributed by atoms with Gasteiger partial charge in [-0.3, -0.25) is 0 Å². The fourth-order valence-electron chi connectivity index (χ4n) is 2.70. The van der Waals surface area contributed by atoms with Crippen molar-refractivity contribution in [3.63, 3.8) is 0 Å². The van der Waals surface area contributed by atoms with E-state index in [2.05, 4.69) is 20.2 Å². The molecule has 1 aromatic carbocycles. The van der Waals surface area contributed by atoms with Gasteiger partial charge >= 0.3 is 6.03 Å².